The fourth-order valence-corrected chi connectivity index (χ4v) is 2.62. The normalized spacial score (nSPS) is 13.7. The first kappa shape index (κ1) is 13.4. The van der Waals surface area contributed by atoms with Crippen molar-refractivity contribution in [2.24, 2.45) is 0 Å². The van der Waals surface area contributed by atoms with Crippen molar-refractivity contribution in [3.63, 3.8) is 0 Å². The standard InChI is InChI=1S/C17H16N2O2/c1-11-3-2-4-12(9-11)7-8-19-16(20)14-6-5-13(18)10-15(14)17(19)21/h2-6,9-10H,7-8,18H2,1H3. The zero-order valence-electron chi connectivity index (χ0n) is 11.8. The van der Waals surface area contributed by atoms with Crippen LogP contribution in [0, 0.1) is 6.92 Å². The molecule has 0 unspecified atom stereocenters. The molecule has 4 nitrogen and oxygen atoms in total. The quantitative estimate of drug-likeness (QED) is 0.693. The molecule has 1 aliphatic rings. The van der Waals surface area contributed by atoms with Crippen molar-refractivity contribution < 1.29 is 9.59 Å². The van der Waals surface area contributed by atoms with E-state index in [4.69, 9.17) is 5.73 Å². The number of rotatable bonds is 3. The molecule has 0 aromatic heterocycles. The molecule has 2 aromatic rings. The van der Waals surface area contributed by atoms with Gasteiger partial charge in [-0.15, -0.1) is 0 Å². The molecule has 1 aliphatic heterocycles. The fraction of sp³-hybridized carbons (Fsp3) is 0.176. The number of amides is 2. The van der Waals surface area contributed by atoms with Crippen LogP contribution in [0.15, 0.2) is 42.5 Å². The molecule has 0 aliphatic carbocycles. The van der Waals surface area contributed by atoms with Gasteiger partial charge >= 0.3 is 0 Å². The Labute approximate surface area is 123 Å². The van der Waals surface area contributed by atoms with Gasteiger partial charge in [0.2, 0.25) is 0 Å². The number of nitrogen functional groups attached to an aromatic ring is 1. The first-order valence-corrected chi connectivity index (χ1v) is 6.87. The van der Waals surface area contributed by atoms with Gasteiger partial charge in [0.1, 0.15) is 0 Å². The summed E-state index contributed by atoms with van der Waals surface area (Å²) < 4.78 is 0. The molecule has 0 saturated carbocycles. The molecule has 2 aromatic carbocycles. The molecule has 0 spiro atoms. The minimum absolute atomic E-state index is 0.234. The van der Waals surface area contributed by atoms with Crippen LogP contribution in [0.3, 0.4) is 0 Å². The van der Waals surface area contributed by atoms with Crippen LogP contribution in [-0.4, -0.2) is 23.3 Å². The van der Waals surface area contributed by atoms with Crippen molar-refractivity contribution in [3.05, 3.63) is 64.7 Å². The second kappa shape index (κ2) is 5.05. The van der Waals surface area contributed by atoms with Gasteiger partial charge in [-0.05, 0) is 37.1 Å². The molecule has 0 saturated heterocycles. The molecule has 2 amide bonds. The summed E-state index contributed by atoms with van der Waals surface area (Å²) in [6, 6.07) is 12.9. The third kappa shape index (κ3) is 2.40. The van der Waals surface area contributed by atoms with Crippen molar-refractivity contribution in [2.75, 3.05) is 12.3 Å². The second-order valence-electron chi connectivity index (χ2n) is 5.31. The zero-order valence-corrected chi connectivity index (χ0v) is 11.8. The summed E-state index contributed by atoms with van der Waals surface area (Å²) in [5.74, 6) is -0.488. The maximum Gasteiger partial charge on any atom is 0.261 e. The number of aryl methyl sites for hydroxylation is 1. The van der Waals surface area contributed by atoms with Crippen LogP contribution in [0.25, 0.3) is 0 Å². The van der Waals surface area contributed by atoms with Gasteiger partial charge in [0.15, 0.2) is 0 Å². The lowest BCUT2D eigenvalue weighted by molar-refractivity contribution is 0.0656. The maximum absolute atomic E-state index is 12.3. The lowest BCUT2D eigenvalue weighted by Crippen LogP contribution is -2.31. The Morgan fingerprint density at radius 2 is 1.76 bits per heavy atom. The van der Waals surface area contributed by atoms with E-state index in [1.165, 1.54) is 10.5 Å². The number of imide groups is 1. The lowest BCUT2D eigenvalue weighted by Gasteiger charge is -2.13. The summed E-state index contributed by atoms with van der Waals surface area (Å²) >= 11 is 0. The monoisotopic (exact) mass is 280 g/mol. The summed E-state index contributed by atoms with van der Waals surface area (Å²) in [5.41, 5.74) is 9.31. The number of carbonyl (C=O) groups excluding carboxylic acids is 2. The molecule has 0 radical (unpaired) electrons. The van der Waals surface area contributed by atoms with Crippen molar-refractivity contribution in [2.45, 2.75) is 13.3 Å². The highest BCUT2D eigenvalue weighted by Gasteiger charge is 2.35. The van der Waals surface area contributed by atoms with Gasteiger partial charge in [0.05, 0.1) is 11.1 Å². The van der Waals surface area contributed by atoms with E-state index < -0.39 is 0 Å². The fourth-order valence-electron chi connectivity index (χ4n) is 2.62. The molecule has 3 rings (SSSR count). The van der Waals surface area contributed by atoms with Crippen LogP contribution in [0.5, 0.6) is 0 Å². The molecule has 21 heavy (non-hydrogen) atoms. The highest BCUT2D eigenvalue weighted by Crippen LogP contribution is 2.25. The van der Waals surface area contributed by atoms with Crippen molar-refractivity contribution in [3.8, 4) is 0 Å². The third-order valence-corrected chi connectivity index (χ3v) is 3.70. The Morgan fingerprint density at radius 1 is 1.00 bits per heavy atom. The van der Waals surface area contributed by atoms with Gasteiger partial charge in [-0.3, -0.25) is 14.5 Å². The number of hydrogen-bond donors (Lipinski definition) is 1. The van der Waals surface area contributed by atoms with Gasteiger partial charge in [-0.1, -0.05) is 29.8 Å². The maximum atomic E-state index is 12.3. The van der Waals surface area contributed by atoms with Crippen molar-refractivity contribution >= 4 is 17.5 Å². The largest absolute Gasteiger partial charge is 0.399 e. The molecular weight excluding hydrogens is 264 g/mol. The summed E-state index contributed by atoms with van der Waals surface area (Å²) in [6.07, 6.45) is 0.655. The van der Waals surface area contributed by atoms with Gasteiger partial charge in [-0.25, -0.2) is 0 Å². The van der Waals surface area contributed by atoms with Crippen molar-refractivity contribution in [1.82, 2.24) is 4.90 Å². The first-order valence-electron chi connectivity index (χ1n) is 6.87. The Hall–Kier alpha value is -2.62. The summed E-state index contributed by atoms with van der Waals surface area (Å²) in [7, 11) is 0. The van der Waals surface area contributed by atoms with Crippen molar-refractivity contribution in [1.29, 1.82) is 0 Å². The van der Waals surface area contributed by atoms with Crippen LogP contribution in [-0.2, 0) is 6.42 Å². The number of benzene rings is 2. The van der Waals surface area contributed by atoms with E-state index >= 15 is 0 Å². The Bertz CT molecular complexity index is 737. The molecule has 0 bridgehead atoms. The summed E-state index contributed by atoms with van der Waals surface area (Å²) in [6.45, 7) is 2.41. The summed E-state index contributed by atoms with van der Waals surface area (Å²) in [4.78, 5) is 25.9. The van der Waals surface area contributed by atoms with Gasteiger partial charge in [0, 0.05) is 12.2 Å². The average molecular weight is 280 g/mol. The van der Waals surface area contributed by atoms with E-state index in [-0.39, 0.29) is 11.8 Å². The smallest absolute Gasteiger partial charge is 0.261 e. The minimum Gasteiger partial charge on any atom is -0.399 e. The predicted molar refractivity (Wildman–Crippen MR) is 81.1 cm³/mol. The highest BCUT2D eigenvalue weighted by molar-refractivity contribution is 6.21. The molecule has 0 atom stereocenters. The van der Waals surface area contributed by atoms with Crippen LogP contribution in [0.1, 0.15) is 31.8 Å². The number of nitrogens with zero attached hydrogens (tertiary/aromatic N) is 1. The second-order valence-corrected chi connectivity index (χ2v) is 5.31. The number of fused-ring (bicyclic) bond motifs is 1. The molecule has 0 fully saturated rings. The number of carbonyl (C=O) groups is 2. The molecule has 1 heterocycles. The zero-order chi connectivity index (χ0) is 15.0. The molecule has 106 valence electrons. The van der Waals surface area contributed by atoms with Crippen LogP contribution in [0.2, 0.25) is 0 Å². The highest BCUT2D eigenvalue weighted by atomic mass is 16.2. The Kier molecular flexibility index (Phi) is 3.22. The third-order valence-electron chi connectivity index (χ3n) is 3.70. The molecule has 2 N–H and O–H groups in total. The number of hydrogen-bond acceptors (Lipinski definition) is 3. The molecule has 4 heteroatoms. The lowest BCUT2D eigenvalue weighted by atomic mass is 10.1. The number of nitrogens with two attached hydrogens (primary N) is 1. The Balaban J connectivity index is 1.79. The van der Waals surface area contributed by atoms with E-state index in [1.807, 2.05) is 25.1 Å². The van der Waals surface area contributed by atoms with Gasteiger partial charge in [-0.2, -0.15) is 0 Å². The Morgan fingerprint density at radius 3 is 2.52 bits per heavy atom. The summed E-state index contributed by atoms with van der Waals surface area (Å²) in [5, 5.41) is 0. The van der Waals surface area contributed by atoms with E-state index in [1.54, 1.807) is 18.2 Å². The minimum atomic E-state index is -0.255. The topological polar surface area (TPSA) is 63.4 Å². The van der Waals surface area contributed by atoms with E-state index in [9.17, 15) is 9.59 Å². The van der Waals surface area contributed by atoms with Gasteiger partial charge < -0.3 is 5.73 Å². The van der Waals surface area contributed by atoms with E-state index in [0.29, 0.717) is 29.8 Å². The average Bonchev–Trinajstić information content (AvgIpc) is 2.69. The SMILES string of the molecule is Cc1cccc(CCN2C(=O)c3ccc(N)cc3C2=O)c1. The van der Waals surface area contributed by atoms with E-state index in [0.717, 1.165) is 5.56 Å². The van der Waals surface area contributed by atoms with Crippen LogP contribution in [0.4, 0.5) is 5.69 Å². The van der Waals surface area contributed by atoms with E-state index in [2.05, 4.69) is 6.07 Å². The van der Waals surface area contributed by atoms with Crippen LogP contribution < -0.4 is 5.73 Å². The van der Waals surface area contributed by atoms with Crippen LogP contribution >= 0.6 is 0 Å². The first-order chi connectivity index (χ1) is 10.1. The predicted octanol–water partition coefficient (Wildman–Crippen LogP) is 2.42. The van der Waals surface area contributed by atoms with Gasteiger partial charge in [0.25, 0.3) is 11.8 Å². The number of anilines is 1. The molecular formula is C17H16N2O2.